The van der Waals surface area contributed by atoms with Gasteiger partial charge in [0.15, 0.2) is 5.11 Å². The van der Waals surface area contributed by atoms with Gasteiger partial charge in [0.2, 0.25) is 0 Å². The molecule has 0 saturated heterocycles. The summed E-state index contributed by atoms with van der Waals surface area (Å²) in [5.74, 6) is 0. The molecule has 14 heavy (non-hydrogen) atoms. The van der Waals surface area contributed by atoms with Crippen molar-refractivity contribution in [2.24, 2.45) is 0 Å². The van der Waals surface area contributed by atoms with E-state index in [4.69, 9.17) is 12.2 Å². The maximum absolute atomic E-state index is 5.07. The molecule has 1 rings (SSSR count). The first-order valence-corrected chi connectivity index (χ1v) is 5.11. The molecule has 0 atom stereocenters. The lowest BCUT2D eigenvalue weighted by atomic mass is 10.4. The Morgan fingerprint density at radius 2 is 2.36 bits per heavy atom. The van der Waals surface area contributed by atoms with Crippen LogP contribution >= 0.6 is 12.2 Å². The highest BCUT2D eigenvalue weighted by Crippen LogP contribution is 1.83. The van der Waals surface area contributed by atoms with Gasteiger partial charge >= 0.3 is 0 Å². The van der Waals surface area contributed by atoms with E-state index in [2.05, 4.69) is 29.6 Å². The second-order valence-electron chi connectivity index (χ2n) is 3.32. The summed E-state index contributed by atoms with van der Waals surface area (Å²) in [4.78, 5) is 0. The van der Waals surface area contributed by atoms with Crippen LogP contribution in [0.3, 0.4) is 0 Å². The Labute approximate surface area is 89.7 Å². The summed E-state index contributed by atoms with van der Waals surface area (Å²) in [5.41, 5.74) is 0. The predicted molar refractivity (Wildman–Crippen MR) is 61.1 cm³/mol. The highest BCUT2D eigenvalue weighted by atomic mass is 32.1. The van der Waals surface area contributed by atoms with Gasteiger partial charge < -0.3 is 10.6 Å². The fourth-order valence-electron chi connectivity index (χ4n) is 1.03. The lowest BCUT2D eigenvalue weighted by Gasteiger charge is -2.12. The molecular formula is C9H16N4S. The first-order valence-electron chi connectivity index (χ1n) is 4.70. The average molecular weight is 212 g/mol. The maximum Gasteiger partial charge on any atom is 0.166 e. The molecule has 0 fully saturated rings. The monoisotopic (exact) mass is 212 g/mol. The van der Waals surface area contributed by atoms with Crippen molar-refractivity contribution in [3.05, 3.63) is 18.5 Å². The van der Waals surface area contributed by atoms with E-state index in [9.17, 15) is 0 Å². The Morgan fingerprint density at radius 3 is 2.93 bits per heavy atom. The molecule has 0 spiro atoms. The van der Waals surface area contributed by atoms with Gasteiger partial charge in [0, 0.05) is 25.0 Å². The largest absolute Gasteiger partial charge is 0.361 e. The van der Waals surface area contributed by atoms with Crippen LogP contribution in [0.1, 0.15) is 13.8 Å². The zero-order valence-corrected chi connectivity index (χ0v) is 9.34. The van der Waals surface area contributed by atoms with Crippen molar-refractivity contribution in [1.29, 1.82) is 0 Å². The van der Waals surface area contributed by atoms with Gasteiger partial charge in [-0.2, -0.15) is 5.10 Å². The summed E-state index contributed by atoms with van der Waals surface area (Å²) < 4.78 is 1.87. The zero-order valence-electron chi connectivity index (χ0n) is 8.53. The highest BCUT2D eigenvalue weighted by molar-refractivity contribution is 7.80. The van der Waals surface area contributed by atoms with E-state index in [1.54, 1.807) is 6.20 Å². The number of nitrogens with one attached hydrogen (secondary N) is 2. The molecule has 0 radical (unpaired) electrons. The lowest BCUT2D eigenvalue weighted by molar-refractivity contribution is 0.596. The normalized spacial score (nSPS) is 10.2. The number of hydrogen-bond donors (Lipinski definition) is 2. The SMILES string of the molecule is CC(C)NC(=S)NCCn1cccn1. The first-order chi connectivity index (χ1) is 6.68. The van der Waals surface area contributed by atoms with Crippen molar-refractivity contribution in [3.8, 4) is 0 Å². The standard InChI is InChI=1S/C9H16N4S/c1-8(2)12-9(14)10-5-7-13-6-3-4-11-13/h3-4,6,8H,5,7H2,1-2H3,(H2,10,12,14). The molecule has 0 unspecified atom stereocenters. The summed E-state index contributed by atoms with van der Waals surface area (Å²) in [5, 5.41) is 11.0. The first kappa shape index (κ1) is 11.0. The van der Waals surface area contributed by atoms with Gasteiger partial charge in [0.25, 0.3) is 0 Å². The van der Waals surface area contributed by atoms with Gasteiger partial charge in [-0.15, -0.1) is 0 Å². The van der Waals surface area contributed by atoms with Gasteiger partial charge in [-0.05, 0) is 32.1 Å². The third kappa shape index (κ3) is 4.23. The molecule has 4 nitrogen and oxygen atoms in total. The second kappa shape index (κ2) is 5.59. The predicted octanol–water partition coefficient (Wildman–Crippen LogP) is 0.756. The van der Waals surface area contributed by atoms with Gasteiger partial charge in [-0.3, -0.25) is 4.68 Å². The summed E-state index contributed by atoms with van der Waals surface area (Å²) in [6.45, 7) is 5.73. The Morgan fingerprint density at radius 1 is 1.57 bits per heavy atom. The molecule has 0 aliphatic carbocycles. The molecule has 0 bridgehead atoms. The second-order valence-corrected chi connectivity index (χ2v) is 3.73. The number of thiocarbonyl (C=S) groups is 1. The Bertz CT molecular complexity index is 268. The van der Waals surface area contributed by atoms with Crippen LogP contribution in [0.25, 0.3) is 0 Å². The van der Waals surface area contributed by atoms with Gasteiger partial charge in [0.05, 0.1) is 6.54 Å². The van der Waals surface area contributed by atoms with Crippen molar-refractivity contribution in [2.45, 2.75) is 26.4 Å². The van der Waals surface area contributed by atoms with Gasteiger partial charge in [-0.25, -0.2) is 0 Å². The fourth-order valence-corrected chi connectivity index (χ4v) is 1.37. The summed E-state index contributed by atoms with van der Waals surface area (Å²) >= 11 is 5.07. The number of rotatable bonds is 4. The van der Waals surface area contributed by atoms with Crippen molar-refractivity contribution >= 4 is 17.3 Å². The minimum atomic E-state index is 0.375. The topological polar surface area (TPSA) is 41.9 Å². The van der Waals surface area contributed by atoms with Crippen LogP contribution in [0.2, 0.25) is 0 Å². The van der Waals surface area contributed by atoms with Crippen LogP contribution in [0.15, 0.2) is 18.5 Å². The number of hydrogen-bond acceptors (Lipinski definition) is 2. The van der Waals surface area contributed by atoms with E-state index in [1.807, 2.05) is 16.9 Å². The van der Waals surface area contributed by atoms with E-state index >= 15 is 0 Å². The maximum atomic E-state index is 5.07. The van der Waals surface area contributed by atoms with Crippen LogP contribution < -0.4 is 10.6 Å². The molecule has 0 amide bonds. The van der Waals surface area contributed by atoms with Crippen molar-refractivity contribution in [2.75, 3.05) is 6.54 Å². The summed E-state index contributed by atoms with van der Waals surface area (Å²) in [7, 11) is 0. The van der Waals surface area contributed by atoms with Crippen LogP contribution in [0.5, 0.6) is 0 Å². The fraction of sp³-hybridized carbons (Fsp3) is 0.556. The van der Waals surface area contributed by atoms with Crippen molar-refractivity contribution in [1.82, 2.24) is 20.4 Å². The molecule has 0 aliphatic rings. The number of aromatic nitrogens is 2. The quantitative estimate of drug-likeness (QED) is 0.723. The lowest BCUT2D eigenvalue weighted by Crippen LogP contribution is -2.40. The highest BCUT2D eigenvalue weighted by Gasteiger charge is 1.97. The minimum Gasteiger partial charge on any atom is -0.361 e. The average Bonchev–Trinajstić information content (AvgIpc) is 2.55. The Hall–Kier alpha value is -1.10. The molecule has 1 heterocycles. The van der Waals surface area contributed by atoms with Crippen molar-refractivity contribution < 1.29 is 0 Å². The molecule has 5 heteroatoms. The smallest absolute Gasteiger partial charge is 0.166 e. The molecule has 0 aromatic carbocycles. The van der Waals surface area contributed by atoms with Crippen LogP contribution in [-0.2, 0) is 6.54 Å². The van der Waals surface area contributed by atoms with E-state index in [0.29, 0.717) is 11.2 Å². The van der Waals surface area contributed by atoms with Crippen molar-refractivity contribution in [3.63, 3.8) is 0 Å². The molecule has 2 N–H and O–H groups in total. The third-order valence-electron chi connectivity index (χ3n) is 1.61. The van der Waals surface area contributed by atoms with E-state index in [1.165, 1.54) is 0 Å². The summed E-state index contributed by atoms with van der Waals surface area (Å²) in [6, 6.07) is 2.28. The van der Waals surface area contributed by atoms with Crippen LogP contribution in [0.4, 0.5) is 0 Å². The molecule has 0 aliphatic heterocycles. The van der Waals surface area contributed by atoms with Gasteiger partial charge in [0.1, 0.15) is 0 Å². The minimum absolute atomic E-state index is 0.375. The molecule has 78 valence electrons. The Kier molecular flexibility index (Phi) is 4.39. The number of nitrogens with zero attached hydrogens (tertiary/aromatic N) is 2. The molecular weight excluding hydrogens is 196 g/mol. The van der Waals surface area contributed by atoms with E-state index < -0.39 is 0 Å². The van der Waals surface area contributed by atoms with Crippen LogP contribution in [0, 0.1) is 0 Å². The molecule has 1 aromatic heterocycles. The summed E-state index contributed by atoms with van der Waals surface area (Å²) in [6.07, 6.45) is 3.70. The molecule has 0 saturated carbocycles. The van der Waals surface area contributed by atoms with Crippen LogP contribution in [-0.4, -0.2) is 27.5 Å². The zero-order chi connectivity index (χ0) is 10.4. The third-order valence-corrected chi connectivity index (χ3v) is 1.87. The molecule has 1 aromatic rings. The van der Waals surface area contributed by atoms with E-state index in [0.717, 1.165) is 13.1 Å². The van der Waals surface area contributed by atoms with Gasteiger partial charge in [-0.1, -0.05) is 0 Å². The Balaban J connectivity index is 2.12. The van der Waals surface area contributed by atoms with E-state index in [-0.39, 0.29) is 0 Å².